The van der Waals surface area contributed by atoms with Crippen LogP contribution in [0.4, 0.5) is 18.9 Å². The molecule has 0 radical (unpaired) electrons. The van der Waals surface area contributed by atoms with Gasteiger partial charge in [0.2, 0.25) is 18.2 Å². The number of hydrogen-bond acceptors (Lipinski definition) is 6. The highest BCUT2D eigenvalue weighted by molar-refractivity contribution is 6.08. The van der Waals surface area contributed by atoms with Crippen molar-refractivity contribution in [3.8, 4) is 17.2 Å². The summed E-state index contributed by atoms with van der Waals surface area (Å²) in [5.41, 5.74) is -0.331. The molecule has 1 unspecified atom stereocenters. The number of nitrogens with zero attached hydrogens (tertiary/aromatic N) is 1. The number of hydrogen-bond donors (Lipinski definition) is 1. The molecule has 180 valence electrons. The van der Waals surface area contributed by atoms with Crippen LogP contribution in [-0.2, 0) is 29.5 Å². The molecule has 35 heavy (non-hydrogen) atoms. The Bertz CT molecular complexity index is 1400. The Morgan fingerprint density at radius 2 is 1.91 bits per heavy atom. The molecule has 0 fully saturated rings. The Hall–Kier alpha value is -4.15. The van der Waals surface area contributed by atoms with Crippen LogP contribution in [0.15, 0.2) is 46.9 Å². The number of ether oxygens (including phenoxy) is 3. The van der Waals surface area contributed by atoms with Crippen LogP contribution < -0.4 is 24.4 Å². The summed E-state index contributed by atoms with van der Waals surface area (Å²) in [7, 11) is 1.22. The van der Waals surface area contributed by atoms with Crippen molar-refractivity contribution in [2.45, 2.75) is 24.7 Å². The maximum Gasteiger partial charge on any atom is 0.450 e. The number of fused-ring (bicyclic) bond motifs is 5. The lowest BCUT2D eigenvalue weighted by Crippen LogP contribution is -2.43. The molecule has 2 aromatic carbocycles. The number of para-hydroxylation sites is 1. The highest BCUT2D eigenvalue weighted by Crippen LogP contribution is 2.55. The third-order valence-corrected chi connectivity index (χ3v) is 6.36. The summed E-state index contributed by atoms with van der Waals surface area (Å²) in [6.45, 7) is -0.266. The number of carbonyl (C=O) groups excluding carboxylic acids is 2. The Labute approximate surface area is 196 Å². The van der Waals surface area contributed by atoms with Crippen LogP contribution in [-0.4, -0.2) is 25.7 Å². The van der Waals surface area contributed by atoms with Crippen LogP contribution in [0.2, 0.25) is 0 Å². The van der Waals surface area contributed by atoms with Gasteiger partial charge < -0.3 is 28.8 Å². The van der Waals surface area contributed by atoms with Gasteiger partial charge in [-0.2, -0.15) is 13.2 Å². The maximum absolute atomic E-state index is 13.8. The van der Waals surface area contributed by atoms with Crippen LogP contribution in [0.1, 0.15) is 33.0 Å². The summed E-state index contributed by atoms with van der Waals surface area (Å²) >= 11 is 0. The number of nitrogens with one attached hydrogen (secondary N) is 1. The topological polar surface area (TPSA) is 90.2 Å². The van der Waals surface area contributed by atoms with E-state index in [1.54, 1.807) is 36.4 Å². The highest BCUT2D eigenvalue weighted by Gasteiger charge is 2.57. The zero-order valence-corrected chi connectivity index (χ0v) is 18.2. The summed E-state index contributed by atoms with van der Waals surface area (Å²) in [6, 6.07) is 11.3. The van der Waals surface area contributed by atoms with Crippen LogP contribution in [0.25, 0.3) is 0 Å². The zero-order chi connectivity index (χ0) is 24.5. The molecule has 3 aromatic rings. The van der Waals surface area contributed by atoms with Gasteiger partial charge in [0, 0.05) is 24.6 Å². The van der Waals surface area contributed by atoms with Crippen molar-refractivity contribution in [2.75, 3.05) is 18.7 Å². The Balaban J connectivity index is 1.40. The van der Waals surface area contributed by atoms with Gasteiger partial charge in [0.25, 0.3) is 11.8 Å². The summed E-state index contributed by atoms with van der Waals surface area (Å²) in [5, 5.41) is 2.17. The van der Waals surface area contributed by atoms with Crippen molar-refractivity contribution < 1.29 is 41.4 Å². The number of carbonyl (C=O) groups is 2. The molecule has 2 amide bonds. The van der Waals surface area contributed by atoms with Gasteiger partial charge in [-0.3, -0.25) is 9.59 Å². The van der Waals surface area contributed by atoms with E-state index in [0.29, 0.717) is 34.1 Å². The van der Waals surface area contributed by atoms with Crippen LogP contribution in [0.5, 0.6) is 17.2 Å². The number of furan rings is 1. The van der Waals surface area contributed by atoms with Crippen molar-refractivity contribution in [3.63, 3.8) is 0 Å². The molecule has 3 aliphatic heterocycles. The lowest BCUT2D eigenvalue weighted by atomic mass is 9.90. The van der Waals surface area contributed by atoms with Crippen molar-refractivity contribution in [1.82, 2.24) is 5.32 Å². The summed E-state index contributed by atoms with van der Waals surface area (Å²) < 4.78 is 62.8. The van der Waals surface area contributed by atoms with Crippen LogP contribution in [0, 0.1) is 0 Å². The maximum atomic E-state index is 13.8. The van der Waals surface area contributed by atoms with Crippen LogP contribution >= 0.6 is 0 Å². The van der Waals surface area contributed by atoms with E-state index in [-0.39, 0.29) is 25.5 Å². The number of alkyl halides is 3. The fourth-order valence-electron chi connectivity index (χ4n) is 4.86. The predicted octanol–water partition coefficient (Wildman–Crippen LogP) is 3.76. The Morgan fingerprint density at radius 3 is 2.69 bits per heavy atom. The molecule has 1 spiro atoms. The highest BCUT2D eigenvalue weighted by atomic mass is 19.4. The molecule has 4 heterocycles. The van der Waals surface area contributed by atoms with Gasteiger partial charge in [-0.1, -0.05) is 18.2 Å². The summed E-state index contributed by atoms with van der Waals surface area (Å²) in [5.74, 6) is -1.48. The number of rotatable bonds is 3. The van der Waals surface area contributed by atoms with Crippen molar-refractivity contribution in [1.29, 1.82) is 0 Å². The minimum absolute atomic E-state index is 0.0587. The molecule has 3 aliphatic rings. The van der Waals surface area contributed by atoms with Gasteiger partial charge in [-0.05, 0) is 24.3 Å². The Kier molecular flexibility index (Phi) is 4.38. The molecule has 1 atom stereocenters. The van der Waals surface area contributed by atoms with E-state index in [9.17, 15) is 22.8 Å². The lowest BCUT2D eigenvalue weighted by molar-refractivity contribution is -0.153. The number of amides is 2. The first kappa shape index (κ1) is 21.4. The van der Waals surface area contributed by atoms with E-state index in [1.807, 2.05) is 0 Å². The minimum Gasteiger partial charge on any atom is -0.472 e. The fourth-order valence-corrected chi connectivity index (χ4v) is 4.86. The second kappa shape index (κ2) is 7.17. The second-order valence-corrected chi connectivity index (χ2v) is 8.32. The van der Waals surface area contributed by atoms with Gasteiger partial charge in [0.15, 0.2) is 11.5 Å². The largest absolute Gasteiger partial charge is 0.472 e. The molecule has 1 N–H and O–H groups in total. The predicted molar refractivity (Wildman–Crippen MR) is 113 cm³/mol. The second-order valence-electron chi connectivity index (χ2n) is 8.32. The average molecular weight is 486 g/mol. The fraction of sp³-hybridized carbons (Fsp3) is 0.250. The minimum atomic E-state index is -4.88. The SMILES string of the molecule is CNC(=O)c1cc(CN2C(=O)C3(Cc4c(ccc5c4OCO5)O3)c3ccccc32)oc1C(F)(F)F. The number of benzene rings is 2. The van der Waals surface area contributed by atoms with Gasteiger partial charge >= 0.3 is 6.18 Å². The van der Waals surface area contributed by atoms with E-state index >= 15 is 0 Å². The normalized spacial score (nSPS) is 19.7. The molecule has 0 saturated heterocycles. The smallest absolute Gasteiger partial charge is 0.450 e. The van der Waals surface area contributed by atoms with Crippen molar-refractivity contribution in [3.05, 3.63) is 70.7 Å². The van der Waals surface area contributed by atoms with E-state index in [0.717, 1.165) is 6.07 Å². The third kappa shape index (κ3) is 3.00. The van der Waals surface area contributed by atoms with Gasteiger partial charge in [-0.15, -0.1) is 0 Å². The van der Waals surface area contributed by atoms with Crippen molar-refractivity contribution >= 4 is 17.5 Å². The molecule has 0 saturated carbocycles. The van der Waals surface area contributed by atoms with E-state index in [4.69, 9.17) is 18.6 Å². The molecule has 1 aromatic heterocycles. The van der Waals surface area contributed by atoms with Crippen LogP contribution in [0.3, 0.4) is 0 Å². The van der Waals surface area contributed by atoms with Gasteiger partial charge in [0.05, 0.1) is 17.8 Å². The molecule has 0 bridgehead atoms. The molecule has 6 rings (SSSR count). The Morgan fingerprint density at radius 1 is 1.14 bits per heavy atom. The first-order valence-corrected chi connectivity index (χ1v) is 10.7. The molecular weight excluding hydrogens is 469 g/mol. The summed E-state index contributed by atoms with van der Waals surface area (Å²) in [4.78, 5) is 27.2. The van der Waals surface area contributed by atoms with Gasteiger partial charge in [0.1, 0.15) is 11.5 Å². The van der Waals surface area contributed by atoms with Crippen molar-refractivity contribution in [2.24, 2.45) is 0 Å². The lowest BCUT2D eigenvalue weighted by Gasteiger charge is -2.23. The number of anilines is 1. The first-order chi connectivity index (χ1) is 16.7. The van der Waals surface area contributed by atoms with E-state index < -0.39 is 34.9 Å². The molecule has 0 aliphatic carbocycles. The monoisotopic (exact) mass is 486 g/mol. The average Bonchev–Trinajstić information content (AvgIpc) is 3.60. The third-order valence-electron chi connectivity index (χ3n) is 6.36. The van der Waals surface area contributed by atoms with Gasteiger partial charge in [-0.25, -0.2) is 0 Å². The molecular formula is C24H17F3N2O6. The first-order valence-electron chi connectivity index (χ1n) is 10.7. The summed E-state index contributed by atoms with van der Waals surface area (Å²) in [6.07, 6.45) is -4.72. The standard InChI is InChI=1S/C24H17F3N2O6/c1-28-21(30)13-8-12(34-20(13)24(25,26)27)10-29-16-5-3-2-4-15(16)23(22(29)31)9-14-17(35-23)6-7-18-19(14)33-11-32-18/h2-8H,9-11H2,1H3,(H,28,30). The quantitative estimate of drug-likeness (QED) is 0.607. The van der Waals surface area contributed by atoms with E-state index in [2.05, 4.69) is 5.32 Å². The number of halogens is 3. The molecule has 8 nitrogen and oxygen atoms in total. The van der Waals surface area contributed by atoms with E-state index in [1.165, 1.54) is 11.9 Å². The zero-order valence-electron chi connectivity index (χ0n) is 18.2. The molecule has 11 heteroatoms.